The summed E-state index contributed by atoms with van der Waals surface area (Å²) in [6, 6.07) is 0.250. The summed E-state index contributed by atoms with van der Waals surface area (Å²) in [5.74, 6) is -0.854. The van der Waals surface area contributed by atoms with E-state index in [1.165, 1.54) is 0 Å². The van der Waals surface area contributed by atoms with E-state index < -0.39 is 11.5 Å². The van der Waals surface area contributed by atoms with Crippen LogP contribution in [0.4, 0.5) is 0 Å². The molecular formula is C12H22N2O3. The third-order valence-electron chi connectivity index (χ3n) is 2.97. The minimum absolute atomic E-state index is 0.00287. The number of carboxylic acids is 1. The highest BCUT2D eigenvalue weighted by molar-refractivity contribution is 5.86. The van der Waals surface area contributed by atoms with Crippen molar-refractivity contribution in [1.29, 1.82) is 0 Å². The van der Waals surface area contributed by atoms with Crippen LogP contribution >= 0.6 is 0 Å². The second kappa shape index (κ2) is 5.49. The molecule has 1 aliphatic carbocycles. The number of nitrogens with one attached hydrogen (secondary N) is 1. The lowest BCUT2D eigenvalue weighted by Crippen LogP contribution is -2.55. The van der Waals surface area contributed by atoms with Crippen molar-refractivity contribution in [3.63, 3.8) is 0 Å². The maximum absolute atomic E-state index is 12.3. The van der Waals surface area contributed by atoms with Crippen molar-refractivity contribution in [3.05, 3.63) is 0 Å². The molecule has 1 saturated carbocycles. The summed E-state index contributed by atoms with van der Waals surface area (Å²) < 4.78 is 0. The number of carboxylic acid groups (broad SMARTS) is 1. The maximum atomic E-state index is 12.3. The topological polar surface area (TPSA) is 69.6 Å². The van der Waals surface area contributed by atoms with E-state index >= 15 is 0 Å². The zero-order chi connectivity index (χ0) is 13.1. The Hall–Kier alpha value is -1.10. The summed E-state index contributed by atoms with van der Waals surface area (Å²) >= 11 is 0. The molecule has 17 heavy (non-hydrogen) atoms. The molecular weight excluding hydrogens is 220 g/mol. The van der Waals surface area contributed by atoms with Gasteiger partial charge in [-0.1, -0.05) is 6.92 Å². The summed E-state index contributed by atoms with van der Waals surface area (Å²) in [6.07, 6.45) is 2.01. The molecule has 0 aromatic carbocycles. The highest BCUT2D eigenvalue weighted by Crippen LogP contribution is 2.29. The number of nitrogens with zero attached hydrogens (tertiary/aromatic N) is 1. The van der Waals surface area contributed by atoms with Gasteiger partial charge in [0.15, 0.2) is 0 Å². The van der Waals surface area contributed by atoms with Crippen LogP contribution in [-0.4, -0.2) is 46.6 Å². The highest BCUT2D eigenvalue weighted by Gasteiger charge is 2.39. The molecule has 1 aliphatic rings. The molecule has 1 fully saturated rings. The molecule has 0 aromatic heterocycles. The Morgan fingerprint density at radius 2 is 2.00 bits per heavy atom. The van der Waals surface area contributed by atoms with Crippen LogP contribution in [0.2, 0.25) is 0 Å². The second-order valence-corrected chi connectivity index (χ2v) is 5.03. The van der Waals surface area contributed by atoms with Crippen LogP contribution < -0.4 is 5.32 Å². The number of amides is 1. The van der Waals surface area contributed by atoms with Gasteiger partial charge in [0.2, 0.25) is 5.91 Å². The molecule has 0 unspecified atom stereocenters. The van der Waals surface area contributed by atoms with Crippen LogP contribution in [0.5, 0.6) is 0 Å². The number of aliphatic carboxylic acids is 1. The first-order valence-electron chi connectivity index (χ1n) is 6.16. The van der Waals surface area contributed by atoms with Crippen molar-refractivity contribution in [2.24, 2.45) is 0 Å². The molecule has 5 nitrogen and oxygen atoms in total. The second-order valence-electron chi connectivity index (χ2n) is 5.03. The summed E-state index contributed by atoms with van der Waals surface area (Å²) in [5.41, 5.74) is -0.615. The average molecular weight is 242 g/mol. The quantitative estimate of drug-likeness (QED) is 0.694. The number of hydrogen-bond acceptors (Lipinski definition) is 3. The summed E-state index contributed by atoms with van der Waals surface area (Å²) in [6.45, 7) is 6.67. The van der Waals surface area contributed by atoms with Gasteiger partial charge < -0.3 is 15.3 Å². The zero-order valence-electron chi connectivity index (χ0n) is 10.8. The Kier molecular flexibility index (Phi) is 4.51. The van der Waals surface area contributed by atoms with Crippen LogP contribution in [0.15, 0.2) is 0 Å². The van der Waals surface area contributed by atoms with Crippen LogP contribution in [0.25, 0.3) is 0 Å². The standard InChI is InChI=1S/C12H22N2O3/c1-4-13-12(2,3)11(17)14(9-5-6-9)8-7-10(15)16/h9,13H,4-8H2,1-3H3,(H,15,16). The Morgan fingerprint density at radius 3 is 2.41 bits per heavy atom. The van der Waals surface area contributed by atoms with Gasteiger partial charge in [-0.3, -0.25) is 9.59 Å². The molecule has 1 amide bonds. The van der Waals surface area contributed by atoms with Crippen molar-refractivity contribution < 1.29 is 14.7 Å². The maximum Gasteiger partial charge on any atom is 0.305 e. The van der Waals surface area contributed by atoms with Gasteiger partial charge in [-0.05, 0) is 33.2 Å². The van der Waals surface area contributed by atoms with Crippen LogP contribution in [-0.2, 0) is 9.59 Å². The fourth-order valence-corrected chi connectivity index (χ4v) is 1.93. The van der Waals surface area contributed by atoms with Gasteiger partial charge in [0.1, 0.15) is 0 Å². The summed E-state index contributed by atoms with van der Waals surface area (Å²) in [4.78, 5) is 24.6. The number of carbonyl (C=O) groups is 2. The van der Waals surface area contributed by atoms with E-state index in [2.05, 4.69) is 5.32 Å². The van der Waals surface area contributed by atoms with Crippen LogP contribution in [0.1, 0.15) is 40.0 Å². The number of carbonyl (C=O) groups excluding carboxylic acids is 1. The number of hydrogen-bond donors (Lipinski definition) is 2. The molecule has 2 N–H and O–H groups in total. The minimum Gasteiger partial charge on any atom is -0.481 e. The van der Waals surface area contributed by atoms with E-state index in [0.29, 0.717) is 6.54 Å². The van der Waals surface area contributed by atoms with Crippen molar-refractivity contribution in [3.8, 4) is 0 Å². The van der Waals surface area contributed by atoms with Crippen molar-refractivity contribution in [1.82, 2.24) is 10.2 Å². The van der Waals surface area contributed by atoms with E-state index in [4.69, 9.17) is 5.11 Å². The Labute approximate surface area is 102 Å². The molecule has 0 bridgehead atoms. The molecule has 0 aromatic rings. The van der Waals surface area contributed by atoms with Crippen LogP contribution in [0, 0.1) is 0 Å². The van der Waals surface area contributed by atoms with Gasteiger partial charge in [0, 0.05) is 12.6 Å². The molecule has 98 valence electrons. The fraction of sp³-hybridized carbons (Fsp3) is 0.833. The lowest BCUT2D eigenvalue weighted by molar-refractivity contribution is -0.141. The monoisotopic (exact) mass is 242 g/mol. The Bertz CT molecular complexity index is 298. The van der Waals surface area contributed by atoms with E-state index in [9.17, 15) is 9.59 Å². The lowest BCUT2D eigenvalue weighted by Gasteiger charge is -2.32. The van der Waals surface area contributed by atoms with Crippen molar-refractivity contribution in [2.45, 2.75) is 51.6 Å². The molecule has 0 aliphatic heterocycles. The lowest BCUT2D eigenvalue weighted by atomic mass is 10.0. The molecule has 0 saturated heterocycles. The van der Waals surface area contributed by atoms with Gasteiger partial charge in [-0.2, -0.15) is 0 Å². The number of rotatable bonds is 7. The van der Waals surface area contributed by atoms with Crippen molar-refractivity contribution >= 4 is 11.9 Å². The van der Waals surface area contributed by atoms with Gasteiger partial charge >= 0.3 is 5.97 Å². The van der Waals surface area contributed by atoms with Gasteiger partial charge in [-0.25, -0.2) is 0 Å². The fourth-order valence-electron chi connectivity index (χ4n) is 1.93. The van der Waals surface area contributed by atoms with E-state index in [1.54, 1.807) is 4.90 Å². The highest BCUT2D eigenvalue weighted by atomic mass is 16.4. The third-order valence-corrected chi connectivity index (χ3v) is 2.97. The third kappa shape index (κ3) is 4.00. The van der Waals surface area contributed by atoms with Gasteiger partial charge in [0.05, 0.1) is 12.0 Å². The Morgan fingerprint density at radius 1 is 1.41 bits per heavy atom. The smallest absolute Gasteiger partial charge is 0.305 e. The molecule has 1 rings (SSSR count). The summed E-state index contributed by atoms with van der Waals surface area (Å²) in [5, 5.41) is 11.8. The SMILES string of the molecule is CCNC(C)(C)C(=O)N(CCC(=O)O)C1CC1. The Balaban J connectivity index is 2.63. The largest absolute Gasteiger partial charge is 0.481 e. The molecule has 5 heteroatoms. The summed E-state index contributed by atoms with van der Waals surface area (Å²) in [7, 11) is 0. The predicted octanol–water partition coefficient (Wildman–Crippen LogP) is 0.840. The minimum atomic E-state index is -0.857. The molecule has 0 spiro atoms. The van der Waals surface area contributed by atoms with Gasteiger partial charge in [-0.15, -0.1) is 0 Å². The molecule has 0 heterocycles. The zero-order valence-corrected chi connectivity index (χ0v) is 10.8. The van der Waals surface area contributed by atoms with Crippen LogP contribution in [0.3, 0.4) is 0 Å². The first kappa shape index (κ1) is 14.0. The van der Waals surface area contributed by atoms with E-state index in [1.807, 2.05) is 20.8 Å². The average Bonchev–Trinajstić information content (AvgIpc) is 3.01. The molecule has 0 atom stereocenters. The van der Waals surface area contributed by atoms with Crippen molar-refractivity contribution in [2.75, 3.05) is 13.1 Å². The predicted molar refractivity (Wildman–Crippen MR) is 64.7 cm³/mol. The number of likely N-dealkylation sites (N-methyl/N-ethyl adjacent to an activating group) is 1. The first-order valence-corrected chi connectivity index (χ1v) is 6.16. The van der Waals surface area contributed by atoms with Gasteiger partial charge in [0.25, 0.3) is 0 Å². The normalized spacial score (nSPS) is 15.7. The first-order chi connectivity index (χ1) is 7.88. The molecule has 0 radical (unpaired) electrons. The van der Waals surface area contributed by atoms with E-state index in [-0.39, 0.29) is 18.4 Å². The van der Waals surface area contributed by atoms with E-state index in [0.717, 1.165) is 19.4 Å².